The summed E-state index contributed by atoms with van der Waals surface area (Å²) in [5, 5.41) is 17.7. The van der Waals surface area contributed by atoms with Gasteiger partial charge in [-0.2, -0.15) is 5.10 Å². The van der Waals surface area contributed by atoms with Gasteiger partial charge in [-0.15, -0.1) is 0 Å². The van der Waals surface area contributed by atoms with Gasteiger partial charge in [-0.05, 0) is 6.92 Å². The number of aromatic nitrogens is 2. The summed E-state index contributed by atoms with van der Waals surface area (Å²) in [6.45, 7) is 6.81. The first-order chi connectivity index (χ1) is 9.73. The molecule has 6 nitrogen and oxygen atoms in total. The number of anilines is 1. The number of aliphatic hydroxyl groups is 1. The third-order valence-electron chi connectivity index (χ3n) is 4.54. The van der Waals surface area contributed by atoms with E-state index in [1.54, 1.807) is 0 Å². The minimum atomic E-state index is -0.906. The van der Waals surface area contributed by atoms with E-state index in [1.165, 1.54) is 17.9 Å². The van der Waals surface area contributed by atoms with Crippen LogP contribution in [0.3, 0.4) is 0 Å². The molecule has 7 heteroatoms. The molecule has 1 aliphatic carbocycles. The van der Waals surface area contributed by atoms with Gasteiger partial charge in [0.2, 0.25) is 0 Å². The third kappa shape index (κ3) is 2.67. The fourth-order valence-electron chi connectivity index (χ4n) is 2.64. The Morgan fingerprint density at radius 1 is 1.62 bits per heavy atom. The molecule has 0 bridgehead atoms. The van der Waals surface area contributed by atoms with Gasteiger partial charge in [-0.3, -0.25) is 4.79 Å². The maximum atomic E-state index is 11.7. The Hall–Kier alpha value is -1.11. The predicted octanol–water partition coefficient (Wildman–Crippen LogP) is 1.41. The summed E-state index contributed by atoms with van der Waals surface area (Å²) < 4.78 is 6.79. The van der Waals surface area contributed by atoms with E-state index in [-0.39, 0.29) is 28.6 Å². The molecule has 1 aromatic rings. The van der Waals surface area contributed by atoms with Crippen molar-refractivity contribution in [3.8, 4) is 0 Å². The molecule has 0 saturated heterocycles. The molecule has 118 valence electrons. The van der Waals surface area contributed by atoms with Crippen molar-refractivity contribution < 1.29 is 9.84 Å². The number of halogens is 1. The Kier molecular flexibility index (Phi) is 4.33. The van der Waals surface area contributed by atoms with Crippen molar-refractivity contribution in [2.45, 2.75) is 38.9 Å². The van der Waals surface area contributed by atoms with Crippen LogP contribution in [0.2, 0.25) is 5.02 Å². The molecule has 0 aromatic carbocycles. The zero-order valence-electron chi connectivity index (χ0n) is 12.8. The molecule has 1 saturated carbocycles. The van der Waals surface area contributed by atoms with Crippen LogP contribution in [0.5, 0.6) is 0 Å². The molecule has 1 heterocycles. The van der Waals surface area contributed by atoms with Crippen molar-refractivity contribution in [2.75, 3.05) is 18.5 Å². The number of nitrogens with one attached hydrogen (secondary N) is 1. The third-order valence-corrected chi connectivity index (χ3v) is 4.91. The second-order valence-corrected chi connectivity index (χ2v) is 6.43. The normalized spacial score (nSPS) is 27.2. The standard InChI is InChI=1S/C14H22ClN3O3/c1-5-21-10-6-14(20,13(10,2)3)8-16-9-7-17-18(4)12(19)11(9)15/h7,10,16,20H,5-6,8H2,1-4H3. The van der Waals surface area contributed by atoms with Crippen LogP contribution >= 0.6 is 11.6 Å². The quantitative estimate of drug-likeness (QED) is 0.859. The number of aryl methyl sites for hydroxylation is 1. The maximum Gasteiger partial charge on any atom is 0.287 e. The van der Waals surface area contributed by atoms with Crippen LogP contribution in [0.15, 0.2) is 11.0 Å². The summed E-state index contributed by atoms with van der Waals surface area (Å²) in [4.78, 5) is 11.7. The van der Waals surface area contributed by atoms with E-state index in [9.17, 15) is 9.90 Å². The highest BCUT2D eigenvalue weighted by Gasteiger charge is 2.59. The first kappa shape index (κ1) is 16.3. The second-order valence-electron chi connectivity index (χ2n) is 6.06. The molecule has 1 fully saturated rings. The summed E-state index contributed by atoms with van der Waals surface area (Å²) in [7, 11) is 1.53. The molecule has 1 aliphatic rings. The molecule has 1 aromatic heterocycles. The lowest BCUT2D eigenvalue weighted by molar-refractivity contribution is -0.233. The van der Waals surface area contributed by atoms with Crippen LogP contribution in [0.25, 0.3) is 0 Å². The lowest BCUT2D eigenvalue weighted by Gasteiger charge is -2.58. The molecule has 2 rings (SSSR count). The summed E-state index contributed by atoms with van der Waals surface area (Å²) in [5.41, 5.74) is -1.20. The van der Waals surface area contributed by atoms with Gasteiger partial charge < -0.3 is 15.2 Å². The zero-order valence-corrected chi connectivity index (χ0v) is 13.6. The highest BCUT2D eigenvalue weighted by Crippen LogP contribution is 2.51. The molecule has 0 radical (unpaired) electrons. The minimum Gasteiger partial charge on any atom is -0.387 e. The summed E-state index contributed by atoms with van der Waals surface area (Å²) in [6, 6.07) is 0. The van der Waals surface area contributed by atoms with Crippen LogP contribution in [0, 0.1) is 5.41 Å². The lowest BCUT2D eigenvalue weighted by atomic mass is 9.56. The van der Waals surface area contributed by atoms with E-state index in [0.717, 1.165) is 0 Å². The van der Waals surface area contributed by atoms with E-state index in [1.807, 2.05) is 20.8 Å². The van der Waals surface area contributed by atoms with Crippen LogP contribution in [0.4, 0.5) is 5.69 Å². The van der Waals surface area contributed by atoms with E-state index in [4.69, 9.17) is 16.3 Å². The van der Waals surface area contributed by atoms with Gasteiger partial charge in [-0.1, -0.05) is 25.4 Å². The summed E-state index contributed by atoms with van der Waals surface area (Å²) in [6.07, 6.45) is 2.07. The summed E-state index contributed by atoms with van der Waals surface area (Å²) >= 11 is 6.00. The first-order valence-corrected chi connectivity index (χ1v) is 7.40. The van der Waals surface area contributed by atoms with E-state index in [2.05, 4.69) is 10.4 Å². The van der Waals surface area contributed by atoms with Crippen LogP contribution in [-0.2, 0) is 11.8 Å². The molecule has 0 aliphatic heterocycles. The fraction of sp³-hybridized carbons (Fsp3) is 0.714. The van der Waals surface area contributed by atoms with Crippen molar-refractivity contribution in [3.63, 3.8) is 0 Å². The van der Waals surface area contributed by atoms with Gasteiger partial charge in [0, 0.05) is 32.0 Å². The number of nitrogens with zero attached hydrogens (tertiary/aromatic N) is 2. The molecule has 0 amide bonds. The highest BCUT2D eigenvalue weighted by atomic mass is 35.5. The second kappa shape index (κ2) is 5.59. The van der Waals surface area contributed by atoms with Crippen molar-refractivity contribution in [3.05, 3.63) is 21.6 Å². The Bertz CT molecular complexity index is 587. The first-order valence-electron chi connectivity index (χ1n) is 7.02. The Balaban J connectivity index is 2.08. The van der Waals surface area contributed by atoms with Crippen molar-refractivity contribution in [1.29, 1.82) is 0 Å². The van der Waals surface area contributed by atoms with Crippen LogP contribution in [0.1, 0.15) is 27.2 Å². The number of hydrogen-bond donors (Lipinski definition) is 2. The Morgan fingerprint density at radius 2 is 2.29 bits per heavy atom. The van der Waals surface area contributed by atoms with Gasteiger partial charge in [-0.25, -0.2) is 4.68 Å². The van der Waals surface area contributed by atoms with Crippen LogP contribution < -0.4 is 10.9 Å². The van der Waals surface area contributed by atoms with E-state index < -0.39 is 5.60 Å². The highest BCUT2D eigenvalue weighted by molar-refractivity contribution is 6.32. The van der Waals surface area contributed by atoms with Gasteiger partial charge in [0.15, 0.2) is 0 Å². The van der Waals surface area contributed by atoms with Gasteiger partial charge in [0.1, 0.15) is 5.02 Å². The minimum absolute atomic E-state index is 0.0338. The number of ether oxygens (including phenoxy) is 1. The summed E-state index contributed by atoms with van der Waals surface area (Å²) in [5.74, 6) is 0. The van der Waals surface area contributed by atoms with Gasteiger partial charge >= 0.3 is 0 Å². The molecular formula is C14H22ClN3O3. The Morgan fingerprint density at radius 3 is 2.86 bits per heavy atom. The Labute approximate surface area is 129 Å². The average molecular weight is 316 g/mol. The average Bonchev–Trinajstić information content (AvgIpc) is 2.44. The fourth-order valence-corrected chi connectivity index (χ4v) is 2.88. The van der Waals surface area contributed by atoms with Crippen LogP contribution in [-0.4, -0.2) is 39.7 Å². The molecule has 0 spiro atoms. The topological polar surface area (TPSA) is 76.4 Å². The monoisotopic (exact) mass is 315 g/mol. The smallest absolute Gasteiger partial charge is 0.287 e. The van der Waals surface area contributed by atoms with Gasteiger partial charge in [0.25, 0.3) is 5.56 Å². The van der Waals surface area contributed by atoms with Crippen molar-refractivity contribution in [2.24, 2.45) is 12.5 Å². The molecule has 2 N–H and O–H groups in total. The largest absolute Gasteiger partial charge is 0.387 e. The molecule has 2 unspecified atom stereocenters. The lowest BCUT2D eigenvalue weighted by Crippen LogP contribution is -2.67. The van der Waals surface area contributed by atoms with E-state index >= 15 is 0 Å². The van der Waals surface area contributed by atoms with Crippen molar-refractivity contribution >= 4 is 17.3 Å². The number of hydrogen-bond acceptors (Lipinski definition) is 5. The predicted molar refractivity (Wildman–Crippen MR) is 81.7 cm³/mol. The van der Waals surface area contributed by atoms with Crippen molar-refractivity contribution in [1.82, 2.24) is 9.78 Å². The number of rotatable bonds is 5. The molecule has 21 heavy (non-hydrogen) atoms. The van der Waals surface area contributed by atoms with E-state index in [0.29, 0.717) is 18.7 Å². The molecule has 2 atom stereocenters. The maximum absolute atomic E-state index is 11.7. The van der Waals surface area contributed by atoms with Gasteiger partial charge in [0.05, 0.1) is 23.6 Å². The SMILES string of the molecule is CCOC1CC(O)(CNc2cnn(C)c(=O)c2Cl)C1(C)C. The molecular weight excluding hydrogens is 294 g/mol. The zero-order chi connectivity index (χ0) is 15.8.